The standard InChI is InChI=1S/C21H16N4O2S/c1-16-7-9-20(10-8-16)28(26,27)15-18-11-12-25(19(13-22)14-23)24-21(18)17-5-3-2-4-6-17/h2-12H,15H2,1H3. The minimum Gasteiger partial charge on any atom is -0.757 e. The first-order chi connectivity index (χ1) is 13.4. The molecule has 0 aliphatic heterocycles. The summed E-state index contributed by atoms with van der Waals surface area (Å²) >= 11 is 0. The fraction of sp³-hybridized carbons (Fsp3) is 0.0952. The first-order valence-corrected chi connectivity index (χ1v) is 10.0. The average molecular weight is 388 g/mol. The Bertz CT molecular complexity index is 1210. The summed E-state index contributed by atoms with van der Waals surface area (Å²) in [4.78, 5) is 0.232. The fourth-order valence-corrected chi connectivity index (χ4v) is 4.05. The van der Waals surface area contributed by atoms with Crippen molar-refractivity contribution in [1.82, 2.24) is 5.10 Å². The summed E-state index contributed by atoms with van der Waals surface area (Å²) in [6.07, 6.45) is 1.42. The molecular weight excluding hydrogens is 372 g/mol. The van der Waals surface area contributed by atoms with E-state index < -0.39 is 9.84 Å². The number of aromatic nitrogens is 2. The van der Waals surface area contributed by atoms with Crippen molar-refractivity contribution in [3.63, 3.8) is 0 Å². The molecule has 0 aliphatic carbocycles. The van der Waals surface area contributed by atoms with Crippen LogP contribution < -0.4 is 4.68 Å². The molecule has 0 atom stereocenters. The fourth-order valence-electron chi connectivity index (χ4n) is 2.69. The van der Waals surface area contributed by atoms with Crippen molar-refractivity contribution in [3.05, 3.63) is 83.4 Å². The number of nitriles is 1. The van der Waals surface area contributed by atoms with E-state index in [1.807, 2.05) is 25.1 Å². The van der Waals surface area contributed by atoms with E-state index in [9.17, 15) is 8.42 Å². The maximum atomic E-state index is 12.9. The lowest BCUT2D eigenvalue weighted by atomic mass is 10.1. The van der Waals surface area contributed by atoms with Gasteiger partial charge in [-0.2, -0.15) is 11.1 Å². The summed E-state index contributed by atoms with van der Waals surface area (Å²) in [6, 6.07) is 19.1. The minimum atomic E-state index is -3.59. The average Bonchev–Trinajstić information content (AvgIpc) is 2.70. The molecule has 2 aromatic carbocycles. The number of aryl methyl sites for hydroxylation is 1. The molecule has 1 aromatic heterocycles. The molecule has 0 amide bonds. The van der Waals surface area contributed by atoms with Gasteiger partial charge in [0.1, 0.15) is 5.69 Å². The Morgan fingerprint density at radius 3 is 2.39 bits per heavy atom. The van der Waals surface area contributed by atoms with Gasteiger partial charge in [-0.05, 0) is 23.7 Å². The molecule has 0 aliphatic rings. The smallest absolute Gasteiger partial charge is 0.335 e. The molecule has 3 aromatic rings. The number of allylic oxidation sites excluding steroid dienone is 1. The van der Waals surface area contributed by atoms with Crippen LogP contribution in [-0.4, -0.2) is 19.4 Å². The van der Waals surface area contributed by atoms with Crippen molar-refractivity contribution in [3.8, 4) is 17.3 Å². The Labute approximate surface area is 163 Å². The summed E-state index contributed by atoms with van der Waals surface area (Å²) < 4.78 is 26.9. The molecule has 7 heteroatoms. The molecule has 0 unspecified atom stereocenters. The molecule has 0 fully saturated rings. The van der Waals surface area contributed by atoms with Crippen LogP contribution in [-0.2, 0) is 15.6 Å². The zero-order valence-electron chi connectivity index (χ0n) is 15.1. The molecule has 0 N–H and O–H groups in total. The van der Waals surface area contributed by atoms with E-state index in [0.29, 0.717) is 16.8 Å². The summed E-state index contributed by atoms with van der Waals surface area (Å²) in [5.41, 5.74) is 2.36. The Hall–Kier alpha value is -3.59. The third kappa shape index (κ3) is 4.04. The van der Waals surface area contributed by atoms with Crippen molar-refractivity contribution in [2.45, 2.75) is 17.6 Å². The quantitative estimate of drug-likeness (QED) is 0.381. The molecule has 0 spiro atoms. The van der Waals surface area contributed by atoms with Crippen LogP contribution in [0.25, 0.3) is 22.4 Å². The maximum absolute atomic E-state index is 12.9. The van der Waals surface area contributed by atoms with Gasteiger partial charge in [-0.3, -0.25) is 0 Å². The maximum Gasteiger partial charge on any atom is 0.335 e. The Balaban J connectivity index is 2.11. The molecule has 28 heavy (non-hydrogen) atoms. The Kier molecular flexibility index (Phi) is 5.46. The molecule has 138 valence electrons. The normalized spacial score (nSPS) is 10.7. The molecule has 3 rings (SSSR count). The molecule has 0 bridgehead atoms. The van der Waals surface area contributed by atoms with Crippen LogP contribution in [0.15, 0.2) is 71.8 Å². The lowest BCUT2D eigenvalue weighted by Crippen LogP contribution is -2.37. The second-order valence-corrected chi connectivity index (χ2v) is 8.13. The van der Waals surface area contributed by atoms with Crippen molar-refractivity contribution >= 4 is 21.4 Å². The topological polar surface area (TPSA) is 97.0 Å². The van der Waals surface area contributed by atoms with Gasteiger partial charge in [0.25, 0.3) is 0 Å². The van der Waals surface area contributed by atoms with E-state index in [0.717, 1.165) is 10.2 Å². The molecule has 0 saturated heterocycles. The van der Waals surface area contributed by atoms with Gasteiger partial charge < -0.3 is 5.41 Å². The van der Waals surface area contributed by atoms with Gasteiger partial charge in [0.15, 0.2) is 15.9 Å². The van der Waals surface area contributed by atoms with E-state index >= 15 is 0 Å². The van der Waals surface area contributed by atoms with Crippen LogP contribution in [0.5, 0.6) is 0 Å². The number of hydrogen-bond donors (Lipinski definition) is 0. The van der Waals surface area contributed by atoms with Crippen LogP contribution in [0.3, 0.4) is 0 Å². The van der Waals surface area contributed by atoms with Crippen LogP contribution in [0.4, 0.5) is 0 Å². The van der Waals surface area contributed by atoms with Gasteiger partial charge >= 0.3 is 5.70 Å². The zero-order chi connectivity index (χ0) is 20.1. The Morgan fingerprint density at radius 2 is 1.79 bits per heavy atom. The van der Waals surface area contributed by atoms with Crippen molar-refractivity contribution in [2.24, 2.45) is 0 Å². The van der Waals surface area contributed by atoms with Gasteiger partial charge in [-0.25, -0.2) is 8.42 Å². The van der Waals surface area contributed by atoms with Crippen LogP contribution in [0, 0.1) is 18.3 Å². The van der Waals surface area contributed by atoms with E-state index in [2.05, 4.69) is 5.10 Å². The van der Waals surface area contributed by atoms with Crippen LogP contribution in [0.2, 0.25) is 0 Å². The van der Waals surface area contributed by atoms with Crippen molar-refractivity contribution in [1.29, 1.82) is 5.26 Å². The lowest BCUT2D eigenvalue weighted by Gasteiger charge is -2.08. The van der Waals surface area contributed by atoms with E-state index in [1.54, 1.807) is 54.4 Å². The second kappa shape index (κ2) is 7.97. The summed E-state index contributed by atoms with van der Waals surface area (Å²) in [7, 11) is -3.59. The van der Waals surface area contributed by atoms with E-state index in [4.69, 9.17) is 10.7 Å². The van der Waals surface area contributed by atoms with Crippen LogP contribution in [0.1, 0.15) is 11.1 Å². The molecular formula is C21H16N4O2S. The third-order valence-electron chi connectivity index (χ3n) is 4.14. The van der Waals surface area contributed by atoms with Crippen molar-refractivity contribution < 1.29 is 13.1 Å². The third-order valence-corrected chi connectivity index (χ3v) is 5.82. The highest BCUT2D eigenvalue weighted by Crippen LogP contribution is 2.24. The second-order valence-electron chi connectivity index (χ2n) is 6.14. The van der Waals surface area contributed by atoms with Gasteiger partial charge in [-0.1, -0.05) is 48.0 Å². The first kappa shape index (κ1) is 19.2. The number of benzene rings is 2. The lowest BCUT2D eigenvalue weighted by molar-refractivity contribution is -0.640. The van der Waals surface area contributed by atoms with Gasteiger partial charge in [0.05, 0.1) is 10.6 Å². The highest BCUT2D eigenvalue weighted by molar-refractivity contribution is 7.90. The molecule has 0 radical (unpaired) electrons. The summed E-state index contributed by atoms with van der Waals surface area (Å²) in [6.45, 7) is 1.89. The van der Waals surface area contributed by atoms with Gasteiger partial charge in [0.2, 0.25) is 6.20 Å². The molecule has 0 saturated carbocycles. The first-order valence-electron chi connectivity index (χ1n) is 8.39. The van der Waals surface area contributed by atoms with Crippen LogP contribution >= 0.6 is 0 Å². The number of nitrogens with zero attached hydrogens (tertiary/aromatic N) is 4. The van der Waals surface area contributed by atoms with E-state index in [-0.39, 0.29) is 16.3 Å². The summed E-state index contributed by atoms with van der Waals surface area (Å²) in [5, 5.41) is 22.6. The minimum absolute atomic E-state index is 0.204. The highest BCUT2D eigenvalue weighted by Gasteiger charge is 2.22. The monoisotopic (exact) mass is 388 g/mol. The SMILES string of the molecule is Cc1ccc(S(=O)(=O)Cc2cc[n+](C(=C=[N-])C#N)nc2-c2ccccc2)cc1. The number of sulfone groups is 1. The zero-order valence-corrected chi connectivity index (χ0v) is 15.9. The van der Waals surface area contributed by atoms with Gasteiger partial charge in [-0.15, -0.1) is 0 Å². The largest absolute Gasteiger partial charge is 0.757 e. The predicted octanol–water partition coefficient (Wildman–Crippen LogP) is 2.92. The molecule has 1 heterocycles. The summed E-state index contributed by atoms with van der Waals surface area (Å²) in [5.74, 6) is 1.54. The van der Waals surface area contributed by atoms with Crippen molar-refractivity contribution in [2.75, 3.05) is 0 Å². The van der Waals surface area contributed by atoms with E-state index in [1.165, 1.54) is 6.20 Å². The Morgan fingerprint density at radius 1 is 1.11 bits per heavy atom. The number of rotatable bonds is 5. The van der Waals surface area contributed by atoms with Gasteiger partial charge in [0, 0.05) is 22.3 Å². The predicted molar refractivity (Wildman–Crippen MR) is 106 cm³/mol. The number of hydrogen-bond acceptors (Lipinski definition) is 4. The highest BCUT2D eigenvalue weighted by atomic mass is 32.2. The molecule has 6 nitrogen and oxygen atoms in total.